The number of nitrogens with two attached hydrogens (primary N) is 1. The van der Waals surface area contributed by atoms with E-state index >= 15 is 0 Å². The van der Waals surface area contributed by atoms with Crippen LogP contribution in [0.3, 0.4) is 0 Å². The Bertz CT molecular complexity index is 542. The van der Waals surface area contributed by atoms with Crippen LogP contribution in [0, 0.1) is 5.92 Å². The molecule has 18 heavy (non-hydrogen) atoms. The van der Waals surface area contributed by atoms with Crippen molar-refractivity contribution in [3.63, 3.8) is 0 Å². The Morgan fingerprint density at radius 2 is 2.28 bits per heavy atom. The Morgan fingerprint density at radius 3 is 3.06 bits per heavy atom. The minimum atomic E-state index is 0.781. The van der Waals surface area contributed by atoms with Crippen molar-refractivity contribution in [1.82, 2.24) is 14.9 Å². The third kappa shape index (κ3) is 2.64. The number of likely N-dealkylation sites (N-methyl/N-ethyl adjacent to an activating group) is 1. The van der Waals surface area contributed by atoms with Gasteiger partial charge in [0.05, 0.1) is 11.0 Å². The van der Waals surface area contributed by atoms with Crippen molar-refractivity contribution in [2.24, 2.45) is 5.92 Å². The van der Waals surface area contributed by atoms with Crippen molar-refractivity contribution < 1.29 is 0 Å². The number of fused-ring (bicyclic) bond motifs is 1. The smallest absolute Gasteiger partial charge is 0.108 e. The standard InChI is InChI=1S/C14H20N4/c1-18(9-10-2-3-10)7-6-14-16-12-5-4-11(15)8-13(12)17-14/h4-5,8,10H,2-3,6-7,9,15H2,1H3,(H,16,17). The SMILES string of the molecule is CN(CCc1nc2ccc(N)cc2[nH]1)CC1CC1. The molecule has 0 amide bonds. The zero-order valence-electron chi connectivity index (χ0n) is 10.8. The Hall–Kier alpha value is -1.55. The van der Waals surface area contributed by atoms with Gasteiger partial charge in [0.15, 0.2) is 0 Å². The third-order valence-electron chi connectivity index (χ3n) is 3.55. The highest BCUT2D eigenvalue weighted by Crippen LogP contribution is 2.29. The molecular weight excluding hydrogens is 224 g/mol. The molecule has 1 heterocycles. The summed E-state index contributed by atoms with van der Waals surface area (Å²) in [6.45, 7) is 2.29. The molecule has 0 radical (unpaired) electrons. The second-order valence-corrected chi connectivity index (χ2v) is 5.42. The highest BCUT2D eigenvalue weighted by molar-refractivity contribution is 5.78. The van der Waals surface area contributed by atoms with Gasteiger partial charge in [-0.15, -0.1) is 0 Å². The number of nitrogen functional groups attached to an aromatic ring is 1. The van der Waals surface area contributed by atoms with Gasteiger partial charge in [-0.1, -0.05) is 0 Å². The monoisotopic (exact) mass is 244 g/mol. The summed E-state index contributed by atoms with van der Waals surface area (Å²) in [5.41, 5.74) is 8.58. The van der Waals surface area contributed by atoms with Crippen LogP contribution in [0.2, 0.25) is 0 Å². The third-order valence-corrected chi connectivity index (χ3v) is 3.55. The van der Waals surface area contributed by atoms with Crippen LogP contribution in [0.25, 0.3) is 11.0 Å². The summed E-state index contributed by atoms with van der Waals surface area (Å²) in [6.07, 6.45) is 3.79. The molecule has 0 saturated heterocycles. The summed E-state index contributed by atoms with van der Waals surface area (Å²) in [5, 5.41) is 0. The van der Waals surface area contributed by atoms with Crippen LogP contribution < -0.4 is 5.73 Å². The molecule has 0 aliphatic heterocycles. The van der Waals surface area contributed by atoms with Crippen LogP contribution >= 0.6 is 0 Å². The molecule has 1 saturated carbocycles. The number of hydrogen-bond acceptors (Lipinski definition) is 3. The van der Waals surface area contributed by atoms with Crippen LogP contribution in [0.15, 0.2) is 18.2 Å². The Morgan fingerprint density at radius 1 is 1.44 bits per heavy atom. The van der Waals surface area contributed by atoms with E-state index in [0.717, 1.165) is 41.4 Å². The summed E-state index contributed by atoms with van der Waals surface area (Å²) in [5.74, 6) is 2.00. The Labute approximate surface area is 107 Å². The normalized spacial score (nSPS) is 15.7. The van der Waals surface area contributed by atoms with Crippen LogP contribution in [-0.4, -0.2) is 35.0 Å². The first kappa shape index (κ1) is 11.5. The van der Waals surface area contributed by atoms with Crippen molar-refractivity contribution in [3.05, 3.63) is 24.0 Å². The van der Waals surface area contributed by atoms with Gasteiger partial charge in [0.25, 0.3) is 0 Å². The molecule has 1 aromatic carbocycles. The van der Waals surface area contributed by atoms with E-state index in [2.05, 4.69) is 21.9 Å². The maximum Gasteiger partial charge on any atom is 0.108 e. The summed E-state index contributed by atoms with van der Waals surface area (Å²) in [4.78, 5) is 10.3. The van der Waals surface area contributed by atoms with Gasteiger partial charge in [-0.2, -0.15) is 0 Å². The zero-order chi connectivity index (χ0) is 12.5. The van der Waals surface area contributed by atoms with Crippen molar-refractivity contribution in [3.8, 4) is 0 Å². The average molecular weight is 244 g/mol. The second kappa shape index (κ2) is 4.61. The lowest BCUT2D eigenvalue weighted by Gasteiger charge is -2.14. The van der Waals surface area contributed by atoms with Gasteiger partial charge in [-0.3, -0.25) is 0 Å². The highest BCUT2D eigenvalue weighted by atomic mass is 15.1. The second-order valence-electron chi connectivity index (χ2n) is 5.42. The zero-order valence-corrected chi connectivity index (χ0v) is 10.8. The fourth-order valence-corrected chi connectivity index (χ4v) is 2.33. The van der Waals surface area contributed by atoms with E-state index in [1.54, 1.807) is 0 Å². The van der Waals surface area contributed by atoms with Crippen LogP contribution in [0.1, 0.15) is 18.7 Å². The maximum absolute atomic E-state index is 5.76. The predicted octanol–water partition coefficient (Wildman–Crippen LogP) is 2.03. The molecule has 3 rings (SSSR count). The first-order valence-corrected chi connectivity index (χ1v) is 6.63. The molecule has 0 spiro atoms. The molecule has 1 aliphatic rings. The van der Waals surface area contributed by atoms with Gasteiger partial charge in [-0.05, 0) is 44.0 Å². The van der Waals surface area contributed by atoms with E-state index < -0.39 is 0 Å². The fraction of sp³-hybridized carbons (Fsp3) is 0.500. The molecule has 0 atom stereocenters. The van der Waals surface area contributed by atoms with Crippen molar-refractivity contribution in [1.29, 1.82) is 0 Å². The fourth-order valence-electron chi connectivity index (χ4n) is 2.33. The Balaban J connectivity index is 1.63. The minimum Gasteiger partial charge on any atom is -0.399 e. The van der Waals surface area contributed by atoms with E-state index in [1.807, 2.05) is 18.2 Å². The van der Waals surface area contributed by atoms with E-state index in [0.29, 0.717) is 0 Å². The lowest BCUT2D eigenvalue weighted by Crippen LogP contribution is -2.23. The first-order valence-electron chi connectivity index (χ1n) is 6.63. The number of H-pyrrole nitrogens is 1. The number of aromatic nitrogens is 2. The molecule has 0 unspecified atom stereocenters. The number of rotatable bonds is 5. The molecule has 4 nitrogen and oxygen atoms in total. The molecular formula is C14H20N4. The van der Waals surface area contributed by atoms with Crippen molar-refractivity contribution in [2.75, 3.05) is 25.9 Å². The van der Waals surface area contributed by atoms with Crippen LogP contribution in [-0.2, 0) is 6.42 Å². The number of benzene rings is 1. The summed E-state index contributed by atoms with van der Waals surface area (Å²) < 4.78 is 0. The van der Waals surface area contributed by atoms with E-state index in [9.17, 15) is 0 Å². The van der Waals surface area contributed by atoms with E-state index in [4.69, 9.17) is 5.73 Å². The molecule has 1 aromatic heterocycles. The quantitative estimate of drug-likeness (QED) is 0.791. The summed E-state index contributed by atoms with van der Waals surface area (Å²) >= 11 is 0. The Kier molecular flexibility index (Phi) is 2.96. The lowest BCUT2D eigenvalue weighted by atomic mass is 10.3. The number of aromatic amines is 1. The highest BCUT2D eigenvalue weighted by Gasteiger charge is 2.22. The molecule has 1 fully saturated rings. The molecule has 2 aromatic rings. The minimum absolute atomic E-state index is 0.781. The summed E-state index contributed by atoms with van der Waals surface area (Å²) in [7, 11) is 2.19. The van der Waals surface area contributed by atoms with Gasteiger partial charge in [0, 0.05) is 25.2 Å². The van der Waals surface area contributed by atoms with Gasteiger partial charge >= 0.3 is 0 Å². The van der Waals surface area contributed by atoms with Gasteiger partial charge in [0.1, 0.15) is 5.82 Å². The average Bonchev–Trinajstić information content (AvgIpc) is 3.04. The lowest BCUT2D eigenvalue weighted by molar-refractivity contribution is 0.322. The summed E-state index contributed by atoms with van der Waals surface area (Å²) in [6, 6.07) is 5.81. The number of nitrogens with zero attached hydrogens (tertiary/aromatic N) is 2. The van der Waals surface area contributed by atoms with Gasteiger partial charge in [0.2, 0.25) is 0 Å². The number of imidazole rings is 1. The van der Waals surface area contributed by atoms with E-state index in [-0.39, 0.29) is 0 Å². The van der Waals surface area contributed by atoms with Gasteiger partial charge < -0.3 is 15.6 Å². The van der Waals surface area contributed by atoms with Crippen molar-refractivity contribution in [2.45, 2.75) is 19.3 Å². The van der Waals surface area contributed by atoms with Gasteiger partial charge in [-0.25, -0.2) is 4.98 Å². The first-order chi connectivity index (χ1) is 8.70. The molecule has 1 aliphatic carbocycles. The number of hydrogen-bond donors (Lipinski definition) is 2. The predicted molar refractivity (Wildman–Crippen MR) is 74.4 cm³/mol. The van der Waals surface area contributed by atoms with Crippen LogP contribution in [0.5, 0.6) is 0 Å². The molecule has 4 heteroatoms. The largest absolute Gasteiger partial charge is 0.399 e. The number of anilines is 1. The van der Waals surface area contributed by atoms with E-state index in [1.165, 1.54) is 19.4 Å². The topological polar surface area (TPSA) is 57.9 Å². The molecule has 3 N–H and O–H groups in total. The molecule has 0 bridgehead atoms. The molecule has 96 valence electrons. The number of nitrogens with one attached hydrogen (secondary N) is 1. The van der Waals surface area contributed by atoms with Crippen LogP contribution in [0.4, 0.5) is 5.69 Å². The maximum atomic E-state index is 5.76. The van der Waals surface area contributed by atoms with Crippen molar-refractivity contribution >= 4 is 16.7 Å².